The lowest BCUT2D eigenvalue weighted by Gasteiger charge is -2.08. The molecule has 1 heterocycles. The normalized spacial score (nSPS) is 10.4. The van der Waals surface area contributed by atoms with Crippen LogP contribution >= 0.6 is 11.3 Å². The fraction of sp³-hybridized carbons (Fsp3) is 0.278. The summed E-state index contributed by atoms with van der Waals surface area (Å²) >= 11 is 1.17. The maximum atomic E-state index is 13.5. The van der Waals surface area contributed by atoms with E-state index in [9.17, 15) is 23.2 Å². The molecule has 27 heavy (non-hydrogen) atoms. The van der Waals surface area contributed by atoms with Crippen LogP contribution in [0.4, 0.5) is 13.8 Å². The molecule has 0 radical (unpaired) electrons. The number of hydrogen-bond acceptors (Lipinski definition) is 6. The van der Waals surface area contributed by atoms with Crippen molar-refractivity contribution < 1.29 is 32.6 Å². The third-order valence-electron chi connectivity index (χ3n) is 3.62. The van der Waals surface area contributed by atoms with Gasteiger partial charge in [0.2, 0.25) is 0 Å². The van der Waals surface area contributed by atoms with Crippen LogP contribution in [0.1, 0.15) is 38.1 Å². The zero-order valence-corrected chi connectivity index (χ0v) is 15.7. The molecule has 9 heteroatoms. The summed E-state index contributed by atoms with van der Waals surface area (Å²) in [6, 6.07) is 2.91. The Labute approximate surface area is 158 Å². The Kier molecular flexibility index (Phi) is 6.62. The molecule has 1 N–H and O–H groups in total. The summed E-state index contributed by atoms with van der Waals surface area (Å²) in [5.41, 5.74) is 0.0127. The zero-order chi connectivity index (χ0) is 20.1. The number of amides is 1. The monoisotopic (exact) mass is 397 g/mol. The average molecular weight is 397 g/mol. The second kappa shape index (κ2) is 8.72. The first kappa shape index (κ1) is 20.5. The third kappa shape index (κ3) is 4.68. The summed E-state index contributed by atoms with van der Waals surface area (Å²) < 4.78 is 36.7. The van der Waals surface area contributed by atoms with Crippen molar-refractivity contribution in [2.45, 2.75) is 20.8 Å². The summed E-state index contributed by atoms with van der Waals surface area (Å²) in [5, 5.41) is 2.71. The highest BCUT2D eigenvalue weighted by Crippen LogP contribution is 2.33. The lowest BCUT2D eigenvalue weighted by molar-refractivity contribution is -0.119. The standard InChI is InChI=1S/C18H17F2NO5S/c1-4-25-17(23)14-9(2)10(3)27-16(14)21-13(22)8-26-18(24)15-11(19)6-5-7-12(15)20/h5-7H,4,8H2,1-3H3,(H,21,22). The first-order chi connectivity index (χ1) is 12.8. The van der Waals surface area contributed by atoms with Crippen LogP contribution < -0.4 is 5.32 Å². The summed E-state index contributed by atoms with van der Waals surface area (Å²) in [4.78, 5) is 36.7. The van der Waals surface area contributed by atoms with Crippen molar-refractivity contribution in [3.8, 4) is 0 Å². The van der Waals surface area contributed by atoms with Crippen molar-refractivity contribution in [2.75, 3.05) is 18.5 Å². The van der Waals surface area contributed by atoms with E-state index in [1.54, 1.807) is 20.8 Å². The largest absolute Gasteiger partial charge is 0.462 e. The van der Waals surface area contributed by atoms with Gasteiger partial charge in [-0.3, -0.25) is 4.79 Å². The van der Waals surface area contributed by atoms with Gasteiger partial charge in [0.1, 0.15) is 22.2 Å². The Balaban J connectivity index is 2.07. The van der Waals surface area contributed by atoms with Gasteiger partial charge in [0, 0.05) is 4.88 Å². The molecule has 1 aromatic carbocycles. The molecule has 0 spiro atoms. The molecule has 0 saturated heterocycles. The quantitative estimate of drug-likeness (QED) is 0.753. The van der Waals surface area contributed by atoms with Crippen LogP contribution in [0.5, 0.6) is 0 Å². The van der Waals surface area contributed by atoms with Gasteiger partial charge in [-0.05, 0) is 38.5 Å². The van der Waals surface area contributed by atoms with Crippen LogP contribution in [0.15, 0.2) is 18.2 Å². The smallest absolute Gasteiger partial charge is 0.344 e. The predicted octanol–water partition coefficient (Wildman–Crippen LogP) is 3.62. The Hall–Kier alpha value is -2.81. The van der Waals surface area contributed by atoms with Crippen LogP contribution in [0.2, 0.25) is 0 Å². The molecular formula is C18H17F2NO5S. The van der Waals surface area contributed by atoms with E-state index in [4.69, 9.17) is 4.74 Å². The van der Waals surface area contributed by atoms with Crippen molar-refractivity contribution in [1.82, 2.24) is 0 Å². The number of carbonyl (C=O) groups excluding carboxylic acids is 3. The molecule has 0 aliphatic rings. The van der Waals surface area contributed by atoms with E-state index in [1.807, 2.05) is 0 Å². The highest BCUT2D eigenvalue weighted by atomic mass is 32.1. The number of carbonyl (C=O) groups is 3. The fourth-order valence-corrected chi connectivity index (χ4v) is 3.29. The van der Waals surface area contributed by atoms with E-state index in [2.05, 4.69) is 10.1 Å². The van der Waals surface area contributed by atoms with Gasteiger partial charge in [-0.2, -0.15) is 0 Å². The van der Waals surface area contributed by atoms with Gasteiger partial charge in [0.15, 0.2) is 6.61 Å². The van der Waals surface area contributed by atoms with Gasteiger partial charge in [-0.15, -0.1) is 11.3 Å². The molecule has 144 valence electrons. The third-order valence-corrected chi connectivity index (χ3v) is 4.74. The van der Waals surface area contributed by atoms with Crippen molar-refractivity contribution in [3.63, 3.8) is 0 Å². The minimum Gasteiger partial charge on any atom is -0.462 e. The number of anilines is 1. The highest BCUT2D eigenvalue weighted by molar-refractivity contribution is 7.16. The SMILES string of the molecule is CCOC(=O)c1c(NC(=O)COC(=O)c2c(F)cccc2F)sc(C)c1C. The number of nitrogens with one attached hydrogen (secondary N) is 1. The van der Waals surface area contributed by atoms with Crippen LogP contribution in [-0.2, 0) is 14.3 Å². The highest BCUT2D eigenvalue weighted by Gasteiger charge is 2.23. The van der Waals surface area contributed by atoms with E-state index >= 15 is 0 Å². The molecule has 0 aliphatic heterocycles. The van der Waals surface area contributed by atoms with E-state index in [-0.39, 0.29) is 17.2 Å². The van der Waals surface area contributed by atoms with Gasteiger partial charge in [-0.1, -0.05) is 6.07 Å². The van der Waals surface area contributed by atoms with Crippen LogP contribution in [0.25, 0.3) is 0 Å². The molecule has 2 aromatic rings. The van der Waals surface area contributed by atoms with E-state index < -0.39 is 41.7 Å². The van der Waals surface area contributed by atoms with Gasteiger partial charge >= 0.3 is 11.9 Å². The second-order valence-electron chi connectivity index (χ2n) is 5.43. The lowest BCUT2D eigenvalue weighted by Crippen LogP contribution is -2.22. The minimum atomic E-state index is -1.30. The average Bonchev–Trinajstić information content (AvgIpc) is 2.87. The topological polar surface area (TPSA) is 81.7 Å². The van der Waals surface area contributed by atoms with Crippen molar-refractivity contribution in [1.29, 1.82) is 0 Å². The van der Waals surface area contributed by atoms with Gasteiger partial charge in [-0.25, -0.2) is 18.4 Å². The summed E-state index contributed by atoms with van der Waals surface area (Å²) in [6.07, 6.45) is 0. The summed E-state index contributed by atoms with van der Waals surface area (Å²) in [7, 11) is 0. The van der Waals surface area contributed by atoms with Crippen LogP contribution in [-0.4, -0.2) is 31.1 Å². The zero-order valence-electron chi connectivity index (χ0n) is 14.9. The second-order valence-corrected chi connectivity index (χ2v) is 6.65. The Morgan fingerprint density at radius 1 is 1.04 bits per heavy atom. The summed E-state index contributed by atoms with van der Waals surface area (Å²) in [5.74, 6) is -4.82. The molecule has 0 bridgehead atoms. The molecule has 0 fully saturated rings. The number of hydrogen-bond donors (Lipinski definition) is 1. The predicted molar refractivity (Wildman–Crippen MR) is 95.0 cm³/mol. The minimum absolute atomic E-state index is 0.173. The molecular weight excluding hydrogens is 380 g/mol. The first-order valence-electron chi connectivity index (χ1n) is 7.94. The number of esters is 2. The molecule has 1 amide bonds. The number of ether oxygens (including phenoxy) is 2. The van der Waals surface area contributed by atoms with Crippen molar-refractivity contribution >= 4 is 34.2 Å². The van der Waals surface area contributed by atoms with E-state index in [0.29, 0.717) is 5.56 Å². The number of aryl methyl sites for hydroxylation is 1. The van der Waals surface area contributed by atoms with Crippen LogP contribution in [0.3, 0.4) is 0 Å². The maximum absolute atomic E-state index is 13.5. The van der Waals surface area contributed by atoms with Gasteiger partial charge in [0.05, 0.1) is 12.2 Å². The molecule has 2 rings (SSSR count). The summed E-state index contributed by atoms with van der Waals surface area (Å²) in [6.45, 7) is 4.55. The number of halogens is 2. The van der Waals surface area contributed by atoms with Crippen molar-refractivity contribution in [2.24, 2.45) is 0 Å². The maximum Gasteiger partial charge on any atom is 0.344 e. The molecule has 6 nitrogen and oxygen atoms in total. The lowest BCUT2D eigenvalue weighted by atomic mass is 10.1. The Morgan fingerprint density at radius 2 is 1.63 bits per heavy atom. The van der Waals surface area contributed by atoms with E-state index in [0.717, 1.165) is 23.1 Å². The molecule has 0 saturated carbocycles. The first-order valence-corrected chi connectivity index (χ1v) is 8.76. The van der Waals surface area contributed by atoms with Gasteiger partial charge < -0.3 is 14.8 Å². The number of rotatable bonds is 6. The van der Waals surface area contributed by atoms with E-state index in [1.165, 1.54) is 11.3 Å². The van der Waals surface area contributed by atoms with Gasteiger partial charge in [0.25, 0.3) is 5.91 Å². The molecule has 0 unspecified atom stereocenters. The molecule has 0 atom stereocenters. The fourth-order valence-electron chi connectivity index (χ4n) is 2.22. The molecule has 0 aliphatic carbocycles. The number of benzene rings is 1. The van der Waals surface area contributed by atoms with Crippen molar-refractivity contribution in [3.05, 3.63) is 51.4 Å². The number of thiophene rings is 1. The Bertz CT molecular complexity index is 874. The Morgan fingerprint density at radius 3 is 2.22 bits per heavy atom. The van der Waals surface area contributed by atoms with Crippen LogP contribution in [0, 0.1) is 25.5 Å². The molecule has 1 aromatic heterocycles.